The van der Waals surface area contributed by atoms with Gasteiger partial charge in [0.2, 0.25) is 0 Å². The molecule has 0 spiro atoms. The molecule has 1 heterocycles. The molecule has 1 aromatic heterocycles. The number of nitrogens with zero attached hydrogens (tertiary/aromatic N) is 3. The molecule has 0 N–H and O–H groups in total. The zero-order chi connectivity index (χ0) is 18.0. The second-order valence-electron chi connectivity index (χ2n) is 6.02. The predicted octanol–water partition coefficient (Wildman–Crippen LogP) is 5.26. The van der Waals surface area contributed by atoms with Crippen LogP contribution in [0.1, 0.15) is 19.4 Å². The van der Waals surface area contributed by atoms with Crippen LogP contribution in [0.5, 0.6) is 0 Å². The quantitative estimate of drug-likeness (QED) is 0.357. The van der Waals surface area contributed by atoms with Crippen LogP contribution in [0, 0.1) is 17.0 Å². The van der Waals surface area contributed by atoms with Gasteiger partial charge in [-0.05, 0) is 18.6 Å². The van der Waals surface area contributed by atoms with E-state index in [2.05, 4.69) is 36.4 Å². The average molecular weight is 353 g/mol. The minimum atomic E-state index is -0.373. The van der Waals surface area contributed by atoms with Gasteiger partial charge in [0, 0.05) is 22.9 Å². The Hall–Kier alpha value is -2.60. The first-order chi connectivity index (χ1) is 12.0. The molecule has 2 aromatic carbocycles. The summed E-state index contributed by atoms with van der Waals surface area (Å²) in [6, 6.07) is 14.8. The molecule has 0 radical (unpaired) electrons. The van der Waals surface area contributed by atoms with Crippen LogP contribution in [-0.4, -0.2) is 19.7 Å². The number of rotatable bonds is 5. The maximum Gasteiger partial charge on any atom is 0.270 e. The number of hydrogen-bond donors (Lipinski definition) is 0. The molecule has 3 rings (SSSR count). The van der Waals surface area contributed by atoms with E-state index in [1.165, 1.54) is 6.07 Å². The molecule has 128 valence electrons. The molecular formula is C19H19N3O2S. The second kappa shape index (κ2) is 7.11. The normalized spacial score (nSPS) is 11.0. The van der Waals surface area contributed by atoms with E-state index in [1.807, 2.05) is 24.3 Å². The number of thioether (sulfide) groups is 1. The van der Waals surface area contributed by atoms with Crippen LogP contribution in [0.4, 0.5) is 5.69 Å². The van der Waals surface area contributed by atoms with Crippen LogP contribution in [0.3, 0.4) is 0 Å². The zero-order valence-corrected chi connectivity index (χ0v) is 15.2. The molecular weight excluding hydrogens is 334 g/mol. The van der Waals surface area contributed by atoms with Gasteiger partial charge in [0.05, 0.1) is 22.5 Å². The van der Waals surface area contributed by atoms with Crippen LogP contribution in [0.15, 0.2) is 59.9 Å². The Kier molecular flexibility index (Phi) is 4.90. The average Bonchev–Trinajstić information content (AvgIpc) is 2.98. The number of hydrogen-bond acceptors (Lipinski definition) is 4. The maximum absolute atomic E-state index is 11.1. The van der Waals surface area contributed by atoms with E-state index < -0.39 is 0 Å². The summed E-state index contributed by atoms with van der Waals surface area (Å²) >= 11 is 1.67. The van der Waals surface area contributed by atoms with Crippen molar-refractivity contribution < 1.29 is 4.92 Å². The lowest BCUT2D eigenvalue weighted by molar-refractivity contribution is -0.384. The molecule has 0 saturated heterocycles. The Labute approximate surface area is 150 Å². The molecule has 3 aromatic rings. The Bertz CT molecular complexity index is 919. The second-order valence-corrected chi connectivity index (χ2v) is 7.57. The number of nitro groups is 1. The fourth-order valence-corrected chi connectivity index (χ4v) is 3.50. The summed E-state index contributed by atoms with van der Waals surface area (Å²) < 4.78 is 2.08. The number of para-hydroxylation sites is 1. The third kappa shape index (κ3) is 3.58. The van der Waals surface area contributed by atoms with E-state index in [1.54, 1.807) is 30.1 Å². The molecule has 25 heavy (non-hydrogen) atoms. The number of imidazole rings is 1. The summed E-state index contributed by atoms with van der Waals surface area (Å²) in [6.45, 7) is 6.29. The predicted molar refractivity (Wildman–Crippen MR) is 101 cm³/mol. The number of non-ortho nitro benzene ring substituents is 1. The summed E-state index contributed by atoms with van der Waals surface area (Å²) in [5.41, 5.74) is 3.86. The van der Waals surface area contributed by atoms with Gasteiger partial charge in [0.1, 0.15) is 0 Å². The molecule has 0 atom stereocenters. The van der Waals surface area contributed by atoms with Gasteiger partial charge in [-0.2, -0.15) is 0 Å². The zero-order valence-electron chi connectivity index (χ0n) is 14.3. The first kappa shape index (κ1) is 17.2. The third-order valence-corrected chi connectivity index (χ3v) is 4.75. The summed E-state index contributed by atoms with van der Waals surface area (Å²) in [5.74, 6) is 0. The number of aromatic nitrogens is 2. The van der Waals surface area contributed by atoms with E-state index in [4.69, 9.17) is 0 Å². The van der Waals surface area contributed by atoms with E-state index >= 15 is 0 Å². The van der Waals surface area contributed by atoms with Crippen molar-refractivity contribution >= 4 is 17.4 Å². The highest BCUT2D eigenvalue weighted by molar-refractivity contribution is 7.99. The SMILES string of the molecule is Cc1ccccc1-n1c(-c2cccc([N+](=O)[O-])c2)cnc1SC(C)C. The van der Waals surface area contributed by atoms with Crippen LogP contribution in [0.25, 0.3) is 16.9 Å². The number of benzene rings is 2. The fourth-order valence-electron chi connectivity index (χ4n) is 2.66. The van der Waals surface area contributed by atoms with Crippen LogP contribution in [0.2, 0.25) is 0 Å². The van der Waals surface area contributed by atoms with E-state index in [9.17, 15) is 10.1 Å². The maximum atomic E-state index is 11.1. The topological polar surface area (TPSA) is 61.0 Å². The lowest BCUT2D eigenvalue weighted by Gasteiger charge is -2.15. The van der Waals surface area contributed by atoms with Gasteiger partial charge in [-0.15, -0.1) is 0 Å². The summed E-state index contributed by atoms with van der Waals surface area (Å²) in [7, 11) is 0. The van der Waals surface area contributed by atoms with Crippen molar-refractivity contribution in [1.29, 1.82) is 0 Å². The van der Waals surface area contributed by atoms with Crippen molar-refractivity contribution in [2.75, 3.05) is 0 Å². The van der Waals surface area contributed by atoms with Crippen molar-refractivity contribution in [3.05, 3.63) is 70.4 Å². The molecule has 5 nitrogen and oxygen atoms in total. The van der Waals surface area contributed by atoms with Crippen LogP contribution in [-0.2, 0) is 0 Å². The molecule has 0 aliphatic carbocycles. The van der Waals surface area contributed by atoms with Gasteiger partial charge in [-0.1, -0.05) is 55.9 Å². The van der Waals surface area contributed by atoms with Gasteiger partial charge in [0.15, 0.2) is 5.16 Å². The van der Waals surface area contributed by atoms with Crippen LogP contribution >= 0.6 is 11.8 Å². The largest absolute Gasteiger partial charge is 0.287 e. The highest BCUT2D eigenvalue weighted by Crippen LogP contribution is 2.33. The smallest absolute Gasteiger partial charge is 0.270 e. The fraction of sp³-hybridized carbons (Fsp3) is 0.211. The van der Waals surface area contributed by atoms with Crippen molar-refractivity contribution in [2.45, 2.75) is 31.2 Å². The Morgan fingerprint density at radius 3 is 2.60 bits per heavy atom. The van der Waals surface area contributed by atoms with Crippen LogP contribution < -0.4 is 0 Å². The van der Waals surface area contributed by atoms with Gasteiger partial charge < -0.3 is 0 Å². The minimum absolute atomic E-state index is 0.0769. The summed E-state index contributed by atoms with van der Waals surface area (Å²) in [6.07, 6.45) is 1.79. The Morgan fingerprint density at radius 2 is 1.92 bits per heavy atom. The summed E-state index contributed by atoms with van der Waals surface area (Å²) in [4.78, 5) is 15.3. The molecule has 0 unspecified atom stereocenters. The van der Waals surface area contributed by atoms with E-state index in [0.717, 1.165) is 27.7 Å². The highest BCUT2D eigenvalue weighted by atomic mass is 32.2. The summed E-state index contributed by atoms with van der Waals surface area (Å²) in [5, 5.41) is 12.4. The monoisotopic (exact) mass is 353 g/mol. The first-order valence-corrected chi connectivity index (χ1v) is 8.90. The van der Waals surface area contributed by atoms with Gasteiger partial charge in [0.25, 0.3) is 5.69 Å². The third-order valence-electron chi connectivity index (χ3n) is 3.78. The minimum Gasteiger partial charge on any atom is -0.287 e. The number of nitro benzene ring substituents is 1. The van der Waals surface area contributed by atoms with Crippen molar-refractivity contribution in [3.63, 3.8) is 0 Å². The van der Waals surface area contributed by atoms with Gasteiger partial charge in [-0.3, -0.25) is 14.7 Å². The van der Waals surface area contributed by atoms with E-state index in [0.29, 0.717) is 5.25 Å². The molecule has 0 saturated carbocycles. The van der Waals surface area contributed by atoms with Gasteiger partial charge >= 0.3 is 0 Å². The Morgan fingerprint density at radius 1 is 1.16 bits per heavy atom. The molecule has 6 heteroatoms. The van der Waals surface area contributed by atoms with Crippen molar-refractivity contribution in [1.82, 2.24) is 9.55 Å². The van der Waals surface area contributed by atoms with E-state index in [-0.39, 0.29) is 10.6 Å². The highest BCUT2D eigenvalue weighted by Gasteiger charge is 2.18. The van der Waals surface area contributed by atoms with Crippen molar-refractivity contribution in [3.8, 4) is 16.9 Å². The molecule has 0 bridgehead atoms. The standard InChI is InChI=1S/C19H19N3O2S/c1-13(2)25-19-20-12-18(15-8-6-9-16(11-15)22(23)24)21(19)17-10-5-4-7-14(17)3/h4-13H,1-3H3. The molecule has 0 aliphatic heterocycles. The Balaban J connectivity index is 2.21. The number of aryl methyl sites for hydroxylation is 1. The lowest BCUT2D eigenvalue weighted by atomic mass is 10.1. The van der Waals surface area contributed by atoms with Gasteiger partial charge in [-0.25, -0.2) is 4.98 Å². The molecule has 0 amide bonds. The first-order valence-electron chi connectivity index (χ1n) is 8.02. The molecule has 0 aliphatic rings. The van der Waals surface area contributed by atoms with Crippen molar-refractivity contribution in [2.24, 2.45) is 0 Å². The molecule has 0 fully saturated rings. The lowest BCUT2D eigenvalue weighted by Crippen LogP contribution is -2.03.